The van der Waals surface area contributed by atoms with Gasteiger partial charge >= 0.3 is 0 Å². The summed E-state index contributed by atoms with van der Waals surface area (Å²) in [6, 6.07) is 16.8. The zero-order valence-electron chi connectivity index (χ0n) is 12.3. The summed E-state index contributed by atoms with van der Waals surface area (Å²) in [4.78, 5) is 23.0. The highest BCUT2D eigenvalue weighted by Crippen LogP contribution is 2.26. The number of aliphatic carboxylic acids is 2. The number of carboxylic acids is 2. The average Bonchev–Trinajstić information content (AvgIpc) is 2.54. The molecule has 0 heterocycles. The molecule has 0 aliphatic rings. The average molecular weight is 312 g/mol. The van der Waals surface area contributed by atoms with Crippen LogP contribution < -0.4 is 10.2 Å². The van der Waals surface area contributed by atoms with Gasteiger partial charge in [0.1, 0.15) is 5.60 Å². The molecule has 0 saturated heterocycles. The molecule has 2 unspecified atom stereocenters. The van der Waals surface area contributed by atoms with Crippen LogP contribution in [0.15, 0.2) is 60.7 Å². The third-order valence-electron chi connectivity index (χ3n) is 3.81. The standard InChI is InChI=1S/C18H18O5/c19-16(20)15(11-13-7-3-1-4-8-13)18(23,17(21)22)12-14-9-5-2-6-10-14/h1-10,15,23H,11-12H2,(H,19,20)(H,21,22)/p-2. The molecule has 2 atom stereocenters. The Balaban J connectivity index is 2.34. The zero-order chi connectivity index (χ0) is 16.9. The van der Waals surface area contributed by atoms with Gasteiger partial charge in [-0.05, 0) is 17.5 Å². The lowest BCUT2D eigenvalue weighted by Gasteiger charge is -2.38. The highest BCUT2D eigenvalue weighted by atomic mass is 16.4. The molecular weight excluding hydrogens is 296 g/mol. The summed E-state index contributed by atoms with van der Waals surface area (Å²) in [6.45, 7) is 0. The van der Waals surface area contributed by atoms with Crippen molar-refractivity contribution in [1.29, 1.82) is 0 Å². The van der Waals surface area contributed by atoms with Crippen LogP contribution in [0.2, 0.25) is 0 Å². The van der Waals surface area contributed by atoms with E-state index in [1.54, 1.807) is 60.7 Å². The lowest BCUT2D eigenvalue weighted by molar-refractivity contribution is -0.341. The van der Waals surface area contributed by atoms with E-state index in [9.17, 15) is 24.9 Å². The summed E-state index contributed by atoms with van der Waals surface area (Å²) in [7, 11) is 0. The molecule has 0 radical (unpaired) electrons. The summed E-state index contributed by atoms with van der Waals surface area (Å²) >= 11 is 0. The quantitative estimate of drug-likeness (QED) is 0.730. The van der Waals surface area contributed by atoms with Crippen LogP contribution in [0.5, 0.6) is 0 Å². The van der Waals surface area contributed by atoms with E-state index in [-0.39, 0.29) is 12.8 Å². The molecule has 0 aromatic heterocycles. The Kier molecular flexibility index (Phi) is 5.13. The van der Waals surface area contributed by atoms with Gasteiger partial charge in [-0.25, -0.2) is 0 Å². The van der Waals surface area contributed by atoms with E-state index in [0.717, 1.165) is 0 Å². The van der Waals surface area contributed by atoms with Crippen molar-refractivity contribution in [3.8, 4) is 0 Å². The molecule has 0 aliphatic carbocycles. The molecule has 5 heteroatoms. The Morgan fingerprint density at radius 2 is 1.39 bits per heavy atom. The lowest BCUT2D eigenvalue weighted by atomic mass is 9.78. The van der Waals surface area contributed by atoms with Crippen molar-refractivity contribution in [2.45, 2.75) is 18.4 Å². The highest BCUT2D eigenvalue weighted by molar-refractivity contribution is 5.84. The Labute approximate surface area is 133 Å². The van der Waals surface area contributed by atoms with E-state index in [4.69, 9.17) is 0 Å². The van der Waals surface area contributed by atoms with Gasteiger partial charge in [-0.3, -0.25) is 0 Å². The van der Waals surface area contributed by atoms with Crippen LogP contribution in [0.25, 0.3) is 0 Å². The molecule has 0 aliphatic heterocycles. The van der Waals surface area contributed by atoms with Gasteiger partial charge in [-0.15, -0.1) is 0 Å². The van der Waals surface area contributed by atoms with Crippen molar-refractivity contribution in [3.05, 3.63) is 71.8 Å². The monoisotopic (exact) mass is 312 g/mol. The fraction of sp³-hybridized carbons (Fsp3) is 0.222. The normalized spacial score (nSPS) is 14.7. The SMILES string of the molecule is O=C([O-])C(Cc1ccccc1)C(O)(Cc1ccccc1)C(=O)[O-]. The molecule has 0 fully saturated rings. The summed E-state index contributed by atoms with van der Waals surface area (Å²) in [5.74, 6) is -5.09. The molecule has 2 aromatic carbocycles. The minimum absolute atomic E-state index is 0.166. The molecule has 5 nitrogen and oxygen atoms in total. The fourth-order valence-electron chi connectivity index (χ4n) is 2.54. The van der Waals surface area contributed by atoms with Crippen LogP contribution >= 0.6 is 0 Å². The number of rotatable bonds is 7. The number of hydrogen-bond donors (Lipinski definition) is 1. The smallest absolute Gasteiger partial charge is 0.116 e. The molecular formula is C18H16O5-2. The van der Waals surface area contributed by atoms with E-state index >= 15 is 0 Å². The van der Waals surface area contributed by atoms with Gasteiger partial charge in [-0.1, -0.05) is 60.7 Å². The first-order valence-corrected chi connectivity index (χ1v) is 7.16. The minimum Gasteiger partial charge on any atom is -0.550 e. The maximum absolute atomic E-state index is 11.5. The van der Waals surface area contributed by atoms with Crippen LogP contribution in [0, 0.1) is 5.92 Å². The van der Waals surface area contributed by atoms with Crippen LogP contribution in [0.4, 0.5) is 0 Å². The number of carbonyl (C=O) groups is 2. The molecule has 2 aromatic rings. The topological polar surface area (TPSA) is 100 Å². The minimum atomic E-state index is -2.56. The van der Waals surface area contributed by atoms with Crippen molar-refractivity contribution in [3.63, 3.8) is 0 Å². The molecule has 0 bridgehead atoms. The van der Waals surface area contributed by atoms with Gasteiger partial charge in [0.15, 0.2) is 0 Å². The summed E-state index contributed by atoms with van der Waals surface area (Å²) in [5, 5.41) is 33.5. The predicted octanol–water partition coefficient (Wildman–Crippen LogP) is -0.681. The molecule has 0 saturated carbocycles. The van der Waals surface area contributed by atoms with Crippen LogP contribution in [0.3, 0.4) is 0 Å². The largest absolute Gasteiger partial charge is 0.550 e. The van der Waals surface area contributed by atoms with Gasteiger partial charge < -0.3 is 24.9 Å². The Hall–Kier alpha value is -2.66. The number of carboxylic acid groups (broad SMARTS) is 2. The van der Waals surface area contributed by atoms with Crippen molar-refractivity contribution in [1.82, 2.24) is 0 Å². The van der Waals surface area contributed by atoms with Crippen molar-refractivity contribution >= 4 is 11.9 Å². The summed E-state index contributed by atoms with van der Waals surface area (Å²) in [5.41, 5.74) is -1.47. The van der Waals surface area contributed by atoms with Crippen molar-refractivity contribution < 1.29 is 24.9 Å². The van der Waals surface area contributed by atoms with Crippen LogP contribution in [-0.2, 0) is 22.4 Å². The molecule has 120 valence electrons. The number of benzene rings is 2. The summed E-state index contributed by atoms with van der Waals surface area (Å²) in [6.07, 6.45) is -0.540. The van der Waals surface area contributed by atoms with Gasteiger partial charge in [0, 0.05) is 18.3 Å². The number of carbonyl (C=O) groups excluding carboxylic acids is 2. The van der Waals surface area contributed by atoms with Gasteiger partial charge in [-0.2, -0.15) is 0 Å². The molecule has 1 N–H and O–H groups in total. The van der Waals surface area contributed by atoms with Gasteiger partial charge in [0.05, 0.1) is 5.97 Å². The van der Waals surface area contributed by atoms with Crippen LogP contribution in [-0.4, -0.2) is 22.6 Å². The Morgan fingerprint density at radius 1 is 0.913 bits per heavy atom. The second-order valence-electron chi connectivity index (χ2n) is 5.44. The second-order valence-corrected chi connectivity index (χ2v) is 5.44. The van der Waals surface area contributed by atoms with E-state index in [1.165, 1.54) is 0 Å². The van der Waals surface area contributed by atoms with Gasteiger partial charge in [0.2, 0.25) is 0 Å². The van der Waals surface area contributed by atoms with E-state index < -0.39 is 23.5 Å². The fourth-order valence-corrected chi connectivity index (χ4v) is 2.54. The van der Waals surface area contributed by atoms with Crippen molar-refractivity contribution in [2.75, 3.05) is 0 Å². The van der Waals surface area contributed by atoms with E-state index in [1.807, 2.05) is 0 Å². The van der Waals surface area contributed by atoms with E-state index in [0.29, 0.717) is 11.1 Å². The molecule has 0 spiro atoms. The Bertz CT molecular complexity index is 668. The first-order chi connectivity index (χ1) is 10.9. The number of aliphatic hydroxyl groups is 1. The van der Waals surface area contributed by atoms with Crippen molar-refractivity contribution in [2.24, 2.45) is 5.92 Å². The first-order valence-electron chi connectivity index (χ1n) is 7.16. The molecule has 0 amide bonds. The first kappa shape index (κ1) is 16.7. The molecule has 23 heavy (non-hydrogen) atoms. The zero-order valence-corrected chi connectivity index (χ0v) is 12.3. The predicted molar refractivity (Wildman–Crippen MR) is 78.7 cm³/mol. The second kappa shape index (κ2) is 7.07. The Morgan fingerprint density at radius 3 is 1.83 bits per heavy atom. The third-order valence-corrected chi connectivity index (χ3v) is 3.81. The lowest BCUT2D eigenvalue weighted by Crippen LogP contribution is -2.60. The molecule has 2 rings (SSSR count). The number of hydrogen-bond acceptors (Lipinski definition) is 5. The van der Waals surface area contributed by atoms with E-state index in [2.05, 4.69) is 0 Å². The third kappa shape index (κ3) is 3.96. The van der Waals surface area contributed by atoms with Gasteiger partial charge in [0.25, 0.3) is 0 Å². The summed E-state index contributed by atoms with van der Waals surface area (Å²) < 4.78 is 0. The maximum atomic E-state index is 11.5. The highest BCUT2D eigenvalue weighted by Gasteiger charge is 2.39. The van der Waals surface area contributed by atoms with Crippen LogP contribution in [0.1, 0.15) is 11.1 Å². The maximum Gasteiger partial charge on any atom is 0.116 e.